The number of rotatable bonds is 4. The molecule has 2 aromatic rings. The first-order valence-corrected chi connectivity index (χ1v) is 5.66. The van der Waals surface area contributed by atoms with E-state index in [-0.39, 0.29) is 11.9 Å². The van der Waals surface area contributed by atoms with Crippen LogP contribution in [0, 0.1) is 0 Å². The van der Waals surface area contributed by atoms with Gasteiger partial charge in [0.2, 0.25) is 5.91 Å². The van der Waals surface area contributed by atoms with Crippen LogP contribution in [-0.4, -0.2) is 34.0 Å². The fourth-order valence-electron chi connectivity index (χ4n) is 1.49. The van der Waals surface area contributed by atoms with Gasteiger partial charge in [0.25, 0.3) is 0 Å². The third kappa shape index (κ3) is 2.54. The van der Waals surface area contributed by atoms with Crippen LogP contribution in [0.25, 0.3) is 5.69 Å². The van der Waals surface area contributed by atoms with E-state index in [1.165, 1.54) is 0 Å². The molecule has 1 amide bonds. The minimum atomic E-state index is -0.256. The summed E-state index contributed by atoms with van der Waals surface area (Å²) in [4.78, 5) is 11.8. The average Bonchev–Trinajstić information content (AvgIpc) is 2.92. The first-order chi connectivity index (χ1) is 8.72. The molecule has 1 aromatic heterocycles. The number of aromatic nitrogens is 3. The summed E-state index contributed by atoms with van der Waals surface area (Å²) in [7, 11) is 1.74. The van der Waals surface area contributed by atoms with E-state index < -0.39 is 0 Å². The van der Waals surface area contributed by atoms with Crippen LogP contribution in [0.4, 0.5) is 5.69 Å². The van der Waals surface area contributed by atoms with E-state index in [0.29, 0.717) is 5.69 Å². The number of para-hydroxylation sites is 2. The highest BCUT2D eigenvalue weighted by Gasteiger charge is 2.13. The normalized spacial score (nSPS) is 12.1. The predicted octanol–water partition coefficient (Wildman–Crippen LogP) is 0.814. The van der Waals surface area contributed by atoms with Crippen molar-refractivity contribution in [1.29, 1.82) is 0 Å². The Kier molecular flexibility index (Phi) is 3.69. The van der Waals surface area contributed by atoms with Gasteiger partial charge < -0.3 is 10.6 Å². The molecule has 1 aromatic carbocycles. The van der Waals surface area contributed by atoms with Gasteiger partial charge >= 0.3 is 0 Å². The Balaban J connectivity index is 2.26. The first kappa shape index (κ1) is 12.3. The van der Waals surface area contributed by atoms with E-state index in [4.69, 9.17) is 0 Å². The van der Waals surface area contributed by atoms with Crippen molar-refractivity contribution < 1.29 is 4.79 Å². The van der Waals surface area contributed by atoms with Crippen molar-refractivity contribution in [2.45, 2.75) is 13.0 Å². The highest BCUT2D eigenvalue weighted by Crippen LogP contribution is 2.18. The highest BCUT2D eigenvalue weighted by atomic mass is 16.2. The second kappa shape index (κ2) is 5.42. The number of nitrogens with one attached hydrogen (secondary N) is 2. The zero-order valence-electron chi connectivity index (χ0n) is 10.3. The Bertz CT molecular complexity index is 523. The van der Waals surface area contributed by atoms with Crippen molar-refractivity contribution in [3.63, 3.8) is 0 Å². The van der Waals surface area contributed by atoms with E-state index >= 15 is 0 Å². The van der Waals surface area contributed by atoms with E-state index in [2.05, 4.69) is 20.9 Å². The second-order valence-electron chi connectivity index (χ2n) is 3.86. The van der Waals surface area contributed by atoms with E-state index in [0.717, 1.165) is 5.69 Å². The van der Waals surface area contributed by atoms with Gasteiger partial charge in [-0.2, -0.15) is 0 Å². The standard InChI is InChI=1S/C12H15N5O/c1-9(13-2)12(18)15-10-5-3-4-6-11(10)17-8-7-14-16-17/h3-9,13H,1-2H3,(H,15,18). The molecule has 0 fully saturated rings. The summed E-state index contributed by atoms with van der Waals surface area (Å²) in [6.07, 6.45) is 3.32. The lowest BCUT2D eigenvalue weighted by molar-refractivity contribution is -0.117. The largest absolute Gasteiger partial charge is 0.323 e. The second-order valence-corrected chi connectivity index (χ2v) is 3.86. The number of carbonyl (C=O) groups is 1. The molecule has 94 valence electrons. The lowest BCUT2D eigenvalue weighted by Crippen LogP contribution is -2.35. The van der Waals surface area contributed by atoms with Gasteiger partial charge in [-0.05, 0) is 26.1 Å². The quantitative estimate of drug-likeness (QED) is 0.836. The summed E-state index contributed by atoms with van der Waals surface area (Å²) in [5.41, 5.74) is 1.49. The van der Waals surface area contributed by atoms with E-state index in [1.807, 2.05) is 24.3 Å². The maximum atomic E-state index is 11.8. The summed E-state index contributed by atoms with van der Waals surface area (Å²) in [5.74, 6) is -0.0925. The van der Waals surface area contributed by atoms with Gasteiger partial charge in [0.15, 0.2) is 0 Å². The number of likely N-dealkylation sites (N-methyl/N-ethyl adjacent to an activating group) is 1. The molecule has 0 aliphatic heterocycles. The van der Waals surface area contributed by atoms with Gasteiger partial charge in [0.1, 0.15) is 0 Å². The highest BCUT2D eigenvalue weighted by molar-refractivity contribution is 5.96. The fourth-order valence-corrected chi connectivity index (χ4v) is 1.49. The molecule has 18 heavy (non-hydrogen) atoms. The molecule has 1 unspecified atom stereocenters. The molecule has 1 heterocycles. The van der Waals surface area contributed by atoms with Crippen molar-refractivity contribution in [1.82, 2.24) is 20.3 Å². The van der Waals surface area contributed by atoms with Gasteiger partial charge in [0.05, 0.1) is 29.8 Å². The van der Waals surface area contributed by atoms with Crippen molar-refractivity contribution in [2.75, 3.05) is 12.4 Å². The lowest BCUT2D eigenvalue weighted by Gasteiger charge is -2.13. The van der Waals surface area contributed by atoms with Crippen LogP contribution in [0.15, 0.2) is 36.7 Å². The Morgan fingerprint density at radius 2 is 2.17 bits per heavy atom. The maximum Gasteiger partial charge on any atom is 0.241 e. The fraction of sp³-hybridized carbons (Fsp3) is 0.250. The zero-order chi connectivity index (χ0) is 13.0. The van der Waals surface area contributed by atoms with Crippen LogP contribution < -0.4 is 10.6 Å². The minimum Gasteiger partial charge on any atom is -0.323 e. The summed E-state index contributed by atoms with van der Waals surface area (Å²) >= 11 is 0. The molecule has 0 bridgehead atoms. The molecule has 0 saturated heterocycles. The number of nitrogens with zero attached hydrogens (tertiary/aromatic N) is 3. The van der Waals surface area contributed by atoms with Crippen LogP contribution in [0.1, 0.15) is 6.92 Å². The Hall–Kier alpha value is -2.21. The Morgan fingerprint density at radius 3 is 2.83 bits per heavy atom. The van der Waals surface area contributed by atoms with E-state index in [9.17, 15) is 4.79 Å². The summed E-state index contributed by atoms with van der Waals surface area (Å²) < 4.78 is 1.61. The first-order valence-electron chi connectivity index (χ1n) is 5.66. The van der Waals surface area contributed by atoms with Gasteiger partial charge in [-0.25, -0.2) is 4.68 Å². The molecule has 2 N–H and O–H groups in total. The number of hydrogen-bond donors (Lipinski definition) is 2. The molecule has 0 aliphatic rings. The number of anilines is 1. The van der Waals surface area contributed by atoms with Gasteiger partial charge in [-0.15, -0.1) is 5.10 Å². The zero-order valence-corrected chi connectivity index (χ0v) is 10.3. The Morgan fingerprint density at radius 1 is 1.39 bits per heavy atom. The molecule has 0 aliphatic carbocycles. The number of carbonyl (C=O) groups excluding carboxylic acids is 1. The molecule has 2 rings (SSSR count). The van der Waals surface area contributed by atoms with E-state index in [1.54, 1.807) is 31.0 Å². The third-order valence-corrected chi connectivity index (χ3v) is 2.66. The summed E-state index contributed by atoms with van der Waals surface area (Å²) in [6, 6.07) is 7.19. The lowest BCUT2D eigenvalue weighted by atomic mass is 10.2. The average molecular weight is 245 g/mol. The molecule has 0 saturated carbocycles. The predicted molar refractivity (Wildman–Crippen MR) is 68.5 cm³/mol. The topological polar surface area (TPSA) is 71.8 Å². The van der Waals surface area contributed by atoms with Crippen molar-refractivity contribution >= 4 is 11.6 Å². The molecule has 1 atom stereocenters. The Labute approximate surface area is 105 Å². The third-order valence-electron chi connectivity index (χ3n) is 2.66. The number of hydrogen-bond acceptors (Lipinski definition) is 4. The maximum absolute atomic E-state index is 11.8. The molecule has 6 heteroatoms. The van der Waals surface area contributed by atoms with Crippen LogP contribution in [0.3, 0.4) is 0 Å². The van der Waals surface area contributed by atoms with Gasteiger partial charge in [-0.1, -0.05) is 17.3 Å². The summed E-state index contributed by atoms with van der Waals surface area (Å²) in [6.45, 7) is 1.80. The molecular formula is C12H15N5O. The SMILES string of the molecule is CNC(C)C(=O)Nc1ccccc1-n1ccnn1. The molecule has 0 radical (unpaired) electrons. The summed E-state index contributed by atoms with van der Waals surface area (Å²) in [5, 5.41) is 13.4. The smallest absolute Gasteiger partial charge is 0.241 e. The minimum absolute atomic E-state index is 0.0925. The number of benzene rings is 1. The van der Waals surface area contributed by atoms with Gasteiger partial charge in [-0.3, -0.25) is 4.79 Å². The van der Waals surface area contributed by atoms with Crippen LogP contribution >= 0.6 is 0 Å². The van der Waals surface area contributed by atoms with Crippen molar-refractivity contribution in [3.8, 4) is 5.69 Å². The van der Waals surface area contributed by atoms with Crippen LogP contribution in [0.5, 0.6) is 0 Å². The van der Waals surface area contributed by atoms with Gasteiger partial charge in [0, 0.05) is 0 Å². The van der Waals surface area contributed by atoms with Crippen LogP contribution in [0.2, 0.25) is 0 Å². The molecular weight excluding hydrogens is 230 g/mol. The number of amides is 1. The van der Waals surface area contributed by atoms with Crippen molar-refractivity contribution in [2.24, 2.45) is 0 Å². The molecule has 6 nitrogen and oxygen atoms in total. The van der Waals surface area contributed by atoms with Crippen LogP contribution in [-0.2, 0) is 4.79 Å². The molecule has 0 spiro atoms. The monoisotopic (exact) mass is 245 g/mol. The van der Waals surface area contributed by atoms with Crippen molar-refractivity contribution in [3.05, 3.63) is 36.7 Å².